The molecule has 8 heteroatoms. The minimum atomic E-state index is 0.0593. The van der Waals surface area contributed by atoms with Gasteiger partial charge in [0, 0.05) is 65.2 Å². The standard InChI is InChI=1S/C35H32N4O3S/c1-41-28-12-7-24(8-13-28)34-30(23-37-17-19-38(20-18-37)35(40)25-9-14-29(42-2)15-10-25)39-22-27(11-16-33(39)36-34)32-21-26-5-3-4-6-31(26)43-32/h3-16,21-22H,17-20,23H2,1-2H3. The molecule has 0 aliphatic carbocycles. The van der Waals surface area contributed by atoms with Gasteiger partial charge in [0.15, 0.2) is 0 Å². The zero-order chi connectivity index (χ0) is 29.3. The Hall–Kier alpha value is -4.66. The maximum absolute atomic E-state index is 13.2. The predicted molar refractivity (Wildman–Crippen MR) is 172 cm³/mol. The van der Waals surface area contributed by atoms with E-state index in [4.69, 9.17) is 14.5 Å². The van der Waals surface area contributed by atoms with Gasteiger partial charge in [0.25, 0.3) is 5.91 Å². The van der Waals surface area contributed by atoms with Crippen LogP contribution in [0, 0.1) is 0 Å². The van der Waals surface area contributed by atoms with Gasteiger partial charge in [0.05, 0.1) is 25.6 Å². The van der Waals surface area contributed by atoms with Crippen LogP contribution in [0.25, 0.3) is 37.4 Å². The lowest BCUT2D eigenvalue weighted by atomic mass is 10.1. The zero-order valence-corrected chi connectivity index (χ0v) is 25.0. The zero-order valence-electron chi connectivity index (χ0n) is 24.2. The van der Waals surface area contributed by atoms with Crippen molar-refractivity contribution in [2.24, 2.45) is 0 Å². The van der Waals surface area contributed by atoms with Gasteiger partial charge in [-0.05, 0) is 78.2 Å². The number of fused-ring (bicyclic) bond motifs is 2. The number of piperazine rings is 1. The first-order chi connectivity index (χ1) is 21.1. The summed E-state index contributed by atoms with van der Waals surface area (Å²) in [6.07, 6.45) is 2.22. The van der Waals surface area contributed by atoms with E-state index in [0.29, 0.717) is 18.7 Å². The summed E-state index contributed by atoms with van der Waals surface area (Å²) in [4.78, 5) is 23.9. The summed E-state index contributed by atoms with van der Waals surface area (Å²) >= 11 is 1.81. The predicted octanol–water partition coefficient (Wildman–Crippen LogP) is 6.86. The number of imidazole rings is 1. The first-order valence-electron chi connectivity index (χ1n) is 14.4. The van der Waals surface area contributed by atoms with Gasteiger partial charge in [-0.1, -0.05) is 18.2 Å². The summed E-state index contributed by atoms with van der Waals surface area (Å²) in [6.45, 7) is 3.64. The van der Waals surface area contributed by atoms with Crippen LogP contribution in [0.1, 0.15) is 16.1 Å². The summed E-state index contributed by atoms with van der Waals surface area (Å²) in [7, 11) is 3.31. The van der Waals surface area contributed by atoms with E-state index in [1.165, 1.54) is 20.5 Å². The lowest BCUT2D eigenvalue weighted by Crippen LogP contribution is -2.48. The van der Waals surface area contributed by atoms with Crippen molar-refractivity contribution in [2.45, 2.75) is 6.54 Å². The number of carbonyl (C=O) groups is 1. The Bertz CT molecular complexity index is 1870. The van der Waals surface area contributed by atoms with E-state index in [1.807, 2.05) is 52.6 Å². The molecule has 1 saturated heterocycles. The van der Waals surface area contributed by atoms with E-state index in [-0.39, 0.29) is 5.91 Å². The minimum absolute atomic E-state index is 0.0593. The monoisotopic (exact) mass is 588 g/mol. The number of amides is 1. The topological polar surface area (TPSA) is 59.3 Å². The molecule has 0 N–H and O–H groups in total. The third-order valence-corrected chi connectivity index (χ3v) is 9.33. The first kappa shape index (κ1) is 27.2. The SMILES string of the molecule is COc1ccc(C(=O)N2CCN(Cc3c(-c4ccc(OC)cc4)nc4ccc(-c5cc6ccccc6s5)cn34)CC2)cc1. The number of ether oxygens (including phenoxy) is 2. The highest BCUT2D eigenvalue weighted by atomic mass is 32.1. The normalized spacial score (nSPS) is 14.0. The third-order valence-electron chi connectivity index (χ3n) is 8.16. The van der Waals surface area contributed by atoms with Crippen LogP contribution in [-0.4, -0.2) is 65.5 Å². The molecule has 0 saturated carbocycles. The average Bonchev–Trinajstić information content (AvgIpc) is 3.66. The third kappa shape index (κ3) is 5.35. The summed E-state index contributed by atoms with van der Waals surface area (Å²) in [5.74, 6) is 1.63. The van der Waals surface area contributed by atoms with E-state index in [2.05, 4.69) is 70.1 Å². The van der Waals surface area contributed by atoms with E-state index >= 15 is 0 Å². The maximum atomic E-state index is 13.2. The molecule has 0 bridgehead atoms. The maximum Gasteiger partial charge on any atom is 0.253 e. The molecule has 0 unspecified atom stereocenters. The van der Waals surface area contributed by atoms with Crippen molar-refractivity contribution in [2.75, 3.05) is 40.4 Å². The molecule has 7 nitrogen and oxygen atoms in total. The van der Waals surface area contributed by atoms with Crippen molar-refractivity contribution in [3.05, 3.63) is 108 Å². The number of thiophene rings is 1. The Morgan fingerprint density at radius 3 is 2.19 bits per heavy atom. The van der Waals surface area contributed by atoms with Crippen molar-refractivity contribution < 1.29 is 14.3 Å². The van der Waals surface area contributed by atoms with Crippen LogP contribution < -0.4 is 9.47 Å². The molecule has 216 valence electrons. The van der Waals surface area contributed by atoms with Crippen LogP contribution in [0.4, 0.5) is 0 Å². The molecular weight excluding hydrogens is 556 g/mol. The molecule has 0 atom stereocenters. The number of hydrogen-bond donors (Lipinski definition) is 0. The molecule has 1 amide bonds. The molecule has 6 aromatic rings. The van der Waals surface area contributed by atoms with Gasteiger partial charge in [-0.15, -0.1) is 11.3 Å². The molecule has 3 aromatic carbocycles. The van der Waals surface area contributed by atoms with Gasteiger partial charge in [-0.2, -0.15) is 0 Å². The van der Waals surface area contributed by atoms with Crippen LogP contribution in [0.15, 0.2) is 97.2 Å². The van der Waals surface area contributed by atoms with Crippen LogP contribution in [-0.2, 0) is 6.54 Å². The number of carbonyl (C=O) groups excluding carboxylic acids is 1. The fraction of sp³-hybridized carbons (Fsp3) is 0.200. The minimum Gasteiger partial charge on any atom is -0.497 e. The summed E-state index contributed by atoms with van der Waals surface area (Å²) in [6, 6.07) is 30.5. The van der Waals surface area contributed by atoms with Crippen molar-refractivity contribution in [1.82, 2.24) is 19.2 Å². The molecule has 7 rings (SSSR count). The number of rotatable bonds is 7. The molecule has 1 fully saturated rings. The summed E-state index contributed by atoms with van der Waals surface area (Å²) in [5.41, 5.74) is 5.93. The van der Waals surface area contributed by atoms with Gasteiger partial charge in [-0.25, -0.2) is 4.98 Å². The van der Waals surface area contributed by atoms with Crippen LogP contribution in [0.5, 0.6) is 11.5 Å². The summed E-state index contributed by atoms with van der Waals surface area (Å²) < 4.78 is 14.2. The first-order valence-corrected chi connectivity index (χ1v) is 15.2. The highest BCUT2D eigenvalue weighted by Crippen LogP contribution is 2.35. The highest BCUT2D eigenvalue weighted by Gasteiger charge is 2.25. The fourth-order valence-corrected chi connectivity index (χ4v) is 6.78. The largest absolute Gasteiger partial charge is 0.497 e. The Kier molecular flexibility index (Phi) is 7.30. The van der Waals surface area contributed by atoms with Crippen molar-refractivity contribution in [3.8, 4) is 33.2 Å². The number of pyridine rings is 1. The Morgan fingerprint density at radius 2 is 1.49 bits per heavy atom. The number of aromatic nitrogens is 2. The molecule has 0 radical (unpaired) electrons. The Labute approximate surface area is 254 Å². The second kappa shape index (κ2) is 11.6. The van der Waals surface area contributed by atoms with Gasteiger partial charge < -0.3 is 18.8 Å². The van der Waals surface area contributed by atoms with E-state index < -0.39 is 0 Å². The van der Waals surface area contributed by atoms with Gasteiger partial charge in [-0.3, -0.25) is 9.69 Å². The number of methoxy groups -OCH3 is 2. The molecule has 3 aromatic heterocycles. The van der Waals surface area contributed by atoms with Gasteiger partial charge in [0.2, 0.25) is 0 Å². The van der Waals surface area contributed by atoms with Gasteiger partial charge >= 0.3 is 0 Å². The molecule has 1 aliphatic heterocycles. The van der Waals surface area contributed by atoms with E-state index in [0.717, 1.165) is 53.7 Å². The number of benzene rings is 3. The molecule has 0 spiro atoms. The molecular formula is C35H32N4O3S. The second-order valence-electron chi connectivity index (χ2n) is 10.7. The lowest BCUT2D eigenvalue weighted by Gasteiger charge is -2.34. The van der Waals surface area contributed by atoms with Crippen molar-refractivity contribution >= 4 is 33.0 Å². The fourth-order valence-electron chi connectivity index (χ4n) is 5.73. The van der Waals surface area contributed by atoms with Crippen LogP contribution in [0.2, 0.25) is 0 Å². The smallest absolute Gasteiger partial charge is 0.253 e. The second-order valence-corrected chi connectivity index (χ2v) is 11.8. The molecule has 43 heavy (non-hydrogen) atoms. The van der Waals surface area contributed by atoms with Gasteiger partial charge in [0.1, 0.15) is 17.1 Å². The van der Waals surface area contributed by atoms with E-state index in [9.17, 15) is 4.79 Å². The summed E-state index contributed by atoms with van der Waals surface area (Å²) in [5, 5.41) is 1.26. The van der Waals surface area contributed by atoms with Crippen molar-refractivity contribution in [1.29, 1.82) is 0 Å². The van der Waals surface area contributed by atoms with Crippen LogP contribution in [0.3, 0.4) is 0 Å². The Balaban J connectivity index is 1.18. The average molecular weight is 589 g/mol. The van der Waals surface area contributed by atoms with Crippen LogP contribution >= 0.6 is 11.3 Å². The Morgan fingerprint density at radius 1 is 0.814 bits per heavy atom. The van der Waals surface area contributed by atoms with E-state index in [1.54, 1.807) is 14.2 Å². The lowest BCUT2D eigenvalue weighted by molar-refractivity contribution is 0.0627. The molecule has 4 heterocycles. The number of nitrogens with zero attached hydrogens (tertiary/aromatic N) is 4. The molecule has 1 aliphatic rings. The van der Waals surface area contributed by atoms with Crippen molar-refractivity contribution in [3.63, 3.8) is 0 Å². The highest BCUT2D eigenvalue weighted by molar-refractivity contribution is 7.22. The number of hydrogen-bond acceptors (Lipinski definition) is 6. The quantitative estimate of drug-likeness (QED) is 0.204.